The Hall–Kier alpha value is -3.56. The summed E-state index contributed by atoms with van der Waals surface area (Å²) in [6.45, 7) is 4.91. The Labute approximate surface area is 246 Å². The number of carbonyl (C=O) groups excluding carboxylic acids is 1. The molecule has 2 aliphatic heterocycles. The number of hydrogen-bond donors (Lipinski definition) is 1. The van der Waals surface area contributed by atoms with Gasteiger partial charge in [-0.05, 0) is 120 Å². The molecule has 40 heavy (non-hydrogen) atoms. The van der Waals surface area contributed by atoms with Gasteiger partial charge in [-0.1, -0.05) is 18.2 Å². The number of halogens is 1. The molecule has 3 aromatic carbocycles. The van der Waals surface area contributed by atoms with Gasteiger partial charge < -0.3 is 14.7 Å². The largest absolute Gasteiger partial charge is 0.488 e. The van der Waals surface area contributed by atoms with Gasteiger partial charge in [0.15, 0.2) is 5.17 Å². The number of hydrogen-bond acceptors (Lipinski definition) is 6. The number of nitrogens with zero attached hydrogens (tertiary/aromatic N) is 3. The minimum Gasteiger partial charge on any atom is -0.488 e. The van der Waals surface area contributed by atoms with Gasteiger partial charge in [-0.25, -0.2) is 9.79 Å². The number of piperidine rings is 1. The van der Waals surface area contributed by atoms with Crippen LogP contribution in [0.4, 0.5) is 11.4 Å². The lowest BCUT2D eigenvalue weighted by Gasteiger charge is -2.28. The van der Waals surface area contributed by atoms with Crippen molar-refractivity contribution in [3.63, 3.8) is 0 Å². The first-order chi connectivity index (χ1) is 19.4. The minimum atomic E-state index is -0.972. The monoisotopic (exact) mass is 619 g/mol. The molecule has 0 aliphatic carbocycles. The Morgan fingerprint density at radius 2 is 1.85 bits per heavy atom. The van der Waals surface area contributed by atoms with E-state index < -0.39 is 5.97 Å². The molecule has 5 rings (SSSR count). The predicted molar refractivity (Wildman–Crippen MR) is 164 cm³/mol. The Bertz CT molecular complexity index is 1470. The summed E-state index contributed by atoms with van der Waals surface area (Å²) in [5.74, 6) is -0.412. The van der Waals surface area contributed by atoms with Gasteiger partial charge in [0, 0.05) is 25.3 Å². The number of ether oxygens (including phenoxy) is 1. The summed E-state index contributed by atoms with van der Waals surface area (Å²) >= 11 is 4.94. The molecule has 3 aromatic rings. The van der Waals surface area contributed by atoms with E-state index in [1.165, 1.54) is 36.7 Å². The van der Waals surface area contributed by atoms with Crippen LogP contribution in [0.2, 0.25) is 0 Å². The van der Waals surface area contributed by atoms with Gasteiger partial charge in [-0.3, -0.25) is 9.69 Å². The summed E-state index contributed by atoms with van der Waals surface area (Å²) in [5, 5.41) is 9.86. The highest BCUT2D eigenvalue weighted by Crippen LogP contribution is 2.36. The molecule has 2 saturated heterocycles. The number of likely N-dealkylation sites (N-methyl/N-ethyl adjacent to an activating group) is 1. The first-order valence-electron chi connectivity index (χ1n) is 13.3. The molecule has 2 heterocycles. The number of carboxylic acid groups (broad SMARTS) is 1. The van der Waals surface area contributed by atoms with Gasteiger partial charge in [-0.2, -0.15) is 0 Å². The third-order valence-corrected chi connectivity index (χ3v) is 8.45. The van der Waals surface area contributed by atoms with Crippen LogP contribution in [0, 0.1) is 0 Å². The van der Waals surface area contributed by atoms with Crippen LogP contribution in [-0.4, -0.2) is 46.7 Å². The van der Waals surface area contributed by atoms with Crippen molar-refractivity contribution in [3.05, 3.63) is 92.8 Å². The van der Waals surface area contributed by atoms with Crippen LogP contribution in [-0.2, 0) is 11.4 Å². The molecule has 0 unspecified atom stereocenters. The number of carboxylic acids is 1. The molecular weight excluding hydrogens is 590 g/mol. The highest BCUT2D eigenvalue weighted by molar-refractivity contribution is 9.10. The lowest BCUT2D eigenvalue weighted by atomic mass is 10.1. The SMILES string of the molecule is CCN1C(=O)/C(=C/c2ccc(OCc3cccc(C(=O)O)c3)c(Br)c2)SC1=Nc1ccc(N2CCCCC2)cc1. The zero-order valence-corrected chi connectivity index (χ0v) is 24.6. The second-order valence-corrected chi connectivity index (χ2v) is 11.5. The fourth-order valence-corrected chi connectivity index (χ4v) is 6.27. The normalized spacial score (nSPS) is 17.6. The summed E-state index contributed by atoms with van der Waals surface area (Å²) in [5.41, 5.74) is 3.89. The second-order valence-electron chi connectivity index (χ2n) is 9.60. The number of carbonyl (C=O) groups is 2. The summed E-state index contributed by atoms with van der Waals surface area (Å²) in [4.78, 5) is 33.9. The molecule has 0 aromatic heterocycles. The lowest BCUT2D eigenvalue weighted by molar-refractivity contribution is -0.122. The van der Waals surface area contributed by atoms with E-state index in [0.29, 0.717) is 22.4 Å². The Morgan fingerprint density at radius 3 is 2.55 bits per heavy atom. The number of aliphatic imine (C=N–C) groups is 1. The van der Waals surface area contributed by atoms with Crippen molar-refractivity contribution in [2.45, 2.75) is 32.8 Å². The quantitative estimate of drug-likeness (QED) is 0.266. The van der Waals surface area contributed by atoms with Crippen LogP contribution >= 0.6 is 27.7 Å². The Kier molecular flexibility index (Phi) is 8.91. The fourth-order valence-electron chi connectivity index (χ4n) is 4.70. The number of amides is 1. The maximum Gasteiger partial charge on any atom is 0.335 e. The van der Waals surface area contributed by atoms with Gasteiger partial charge >= 0.3 is 5.97 Å². The zero-order valence-electron chi connectivity index (χ0n) is 22.2. The second kappa shape index (κ2) is 12.7. The van der Waals surface area contributed by atoms with Crippen molar-refractivity contribution < 1.29 is 19.4 Å². The van der Waals surface area contributed by atoms with E-state index in [0.717, 1.165) is 34.4 Å². The van der Waals surface area contributed by atoms with Crippen LogP contribution in [0.1, 0.15) is 47.7 Å². The van der Waals surface area contributed by atoms with Crippen molar-refractivity contribution in [3.8, 4) is 5.75 Å². The number of anilines is 1. The molecule has 0 bridgehead atoms. The molecule has 0 atom stereocenters. The molecule has 2 aliphatic rings. The number of amidine groups is 1. The minimum absolute atomic E-state index is 0.0639. The average Bonchev–Trinajstić information content (AvgIpc) is 3.26. The number of thioether (sulfide) groups is 1. The number of aromatic carboxylic acids is 1. The zero-order chi connectivity index (χ0) is 28.1. The summed E-state index contributed by atoms with van der Waals surface area (Å²) in [6, 6.07) is 20.6. The van der Waals surface area contributed by atoms with Crippen molar-refractivity contribution in [1.29, 1.82) is 0 Å². The lowest BCUT2D eigenvalue weighted by Crippen LogP contribution is -2.29. The smallest absolute Gasteiger partial charge is 0.335 e. The highest BCUT2D eigenvalue weighted by Gasteiger charge is 2.32. The van der Waals surface area contributed by atoms with E-state index in [1.807, 2.05) is 49.4 Å². The maximum atomic E-state index is 13.2. The van der Waals surface area contributed by atoms with E-state index in [9.17, 15) is 14.7 Å². The Morgan fingerprint density at radius 1 is 1.07 bits per heavy atom. The van der Waals surface area contributed by atoms with Gasteiger partial charge in [0.25, 0.3) is 5.91 Å². The van der Waals surface area contributed by atoms with Crippen molar-refractivity contribution in [1.82, 2.24) is 4.90 Å². The third kappa shape index (κ3) is 6.59. The van der Waals surface area contributed by atoms with Crippen molar-refractivity contribution in [2.24, 2.45) is 4.99 Å². The molecule has 0 radical (unpaired) electrons. The first-order valence-corrected chi connectivity index (χ1v) is 14.9. The molecule has 2 fully saturated rings. The van der Waals surface area contributed by atoms with E-state index in [2.05, 4.69) is 33.0 Å². The summed E-state index contributed by atoms with van der Waals surface area (Å²) in [6.07, 6.45) is 5.64. The highest BCUT2D eigenvalue weighted by atomic mass is 79.9. The molecule has 1 N–H and O–H groups in total. The van der Waals surface area contributed by atoms with E-state index >= 15 is 0 Å². The molecular formula is C31H30BrN3O4S. The summed E-state index contributed by atoms with van der Waals surface area (Å²) < 4.78 is 6.64. The van der Waals surface area contributed by atoms with Gasteiger partial charge in [0.05, 0.1) is 20.6 Å². The van der Waals surface area contributed by atoms with E-state index in [-0.39, 0.29) is 18.1 Å². The fraction of sp³-hybridized carbons (Fsp3) is 0.258. The molecule has 206 valence electrons. The molecule has 0 saturated carbocycles. The van der Waals surface area contributed by atoms with Crippen LogP contribution in [0.5, 0.6) is 5.75 Å². The van der Waals surface area contributed by atoms with Gasteiger partial charge in [-0.15, -0.1) is 0 Å². The average molecular weight is 621 g/mol. The van der Waals surface area contributed by atoms with Crippen molar-refractivity contribution in [2.75, 3.05) is 24.5 Å². The van der Waals surface area contributed by atoms with Gasteiger partial charge in [0.2, 0.25) is 0 Å². The van der Waals surface area contributed by atoms with E-state index in [4.69, 9.17) is 9.73 Å². The molecule has 7 nitrogen and oxygen atoms in total. The standard InChI is InChI=1S/C31H30BrN3O4S/c1-2-35-29(36)28(40-31(35)33-24-10-12-25(13-11-24)34-15-4-3-5-16-34)19-21-9-14-27(26(32)18-21)39-20-22-7-6-8-23(17-22)30(37)38/h6-14,17-19H,2-5,15-16,20H2,1H3,(H,37,38)/b28-19-,33-31?. The number of rotatable bonds is 8. The topological polar surface area (TPSA) is 82.4 Å². The maximum absolute atomic E-state index is 13.2. The van der Waals surface area contributed by atoms with E-state index in [1.54, 1.807) is 23.1 Å². The summed E-state index contributed by atoms with van der Waals surface area (Å²) in [7, 11) is 0. The first kappa shape index (κ1) is 28.0. The van der Waals surface area contributed by atoms with Crippen LogP contribution in [0.3, 0.4) is 0 Å². The molecule has 9 heteroatoms. The third-order valence-electron chi connectivity index (χ3n) is 6.82. The molecule has 0 spiro atoms. The van der Waals surface area contributed by atoms with Crippen LogP contribution in [0.15, 0.2) is 81.1 Å². The number of benzene rings is 3. The van der Waals surface area contributed by atoms with Gasteiger partial charge in [0.1, 0.15) is 12.4 Å². The van der Waals surface area contributed by atoms with Crippen molar-refractivity contribution >= 4 is 62.2 Å². The molecule has 1 amide bonds. The Balaban J connectivity index is 1.28. The van der Waals surface area contributed by atoms with Crippen LogP contribution < -0.4 is 9.64 Å². The predicted octanol–water partition coefficient (Wildman–Crippen LogP) is 7.34. The van der Waals surface area contributed by atoms with Crippen LogP contribution in [0.25, 0.3) is 6.08 Å².